The Bertz CT molecular complexity index is 818. The minimum atomic E-state index is -0.543. The number of hydrogen-bond acceptors (Lipinski definition) is 3. The predicted molar refractivity (Wildman–Crippen MR) is 120 cm³/mol. The van der Waals surface area contributed by atoms with Gasteiger partial charge in [-0.1, -0.05) is 51.8 Å². The fourth-order valence-corrected chi connectivity index (χ4v) is 4.22. The lowest BCUT2D eigenvalue weighted by Crippen LogP contribution is -2.48. The summed E-state index contributed by atoms with van der Waals surface area (Å²) in [5.41, 5.74) is 2.04. The van der Waals surface area contributed by atoms with Gasteiger partial charge in [-0.3, -0.25) is 9.59 Å². The molecule has 1 unspecified atom stereocenters. The zero-order chi connectivity index (χ0) is 20.5. The van der Waals surface area contributed by atoms with Crippen LogP contribution in [0.15, 0.2) is 53.0 Å². The van der Waals surface area contributed by atoms with Crippen LogP contribution >= 0.6 is 39.3 Å². The zero-order valence-corrected chi connectivity index (χ0v) is 19.1. The molecular formula is C21H24BrClN2O2S. The largest absolute Gasteiger partial charge is 0.355 e. The molecule has 0 saturated heterocycles. The van der Waals surface area contributed by atoms with Gasteiger partial charge in [0.05, 0.1) is 5.75 Å². The normalized spacial score (nSPS) is 11.7. The summed E-state index contributed by atoms with van der Waals surface area (Å²) in [7, 11) is 0. The molecule has 0 fully saturated rings. The van der Waals surface area contributed by atoms with Crippen molar-refractivity contribution in [1.82, 2.24) is 10.2 Å². The third kappa shape index (κ3) is 7.15. The number of carbonyl (C=O) groups is 2. The van der Waals surface area contributed by atoms with E-state index in [0.717, 1.165) is 15.6 Å². The summed E-state index contributed by atoms with van der Waals surface area (Å²) < 4.78 is 0.943. The molecule has 4 nitrogen and oxygen atoms in total. The van der Waals surface area contributed by atoms with Crippen LogP contribution < -0.4 is 5.32 Å². The van der Waals surface area contributed by atoms with Crippen LogP contribution in [0.25, 0.3) is 0 Å². The number of thioether (sulfide) groups is 1. The Balaban J connectivity index is 2.05. The maximum atomic E-state index is 12.9. The van der Waals surface area contributed by atoms with E-state index in [9.17, 15) is 9.59 Å². The van der Waals surface area contributed by atoms with Crippen molar-refractivity contribution in [2.24, 2.45) is 0 Å². The van der Waals surface area contributed by atoms with Crippen LogP contribution in [-0.4, -0.2) is 35.1 Å². The quantitative estimate of drug-likeness (QED) is 0.552. The number of benzene rings is 2. The summed E-state index contributed by atoms with van der Waals surface area (Å²) in [6, 6.07) is 14.8. The second-order valence-corrected chi connectivity index (χ2v) is 8.68. The van der Waals surface area contributed by atoms with Gasteiger partial charge < -0.3 is 10.2 Å². The first kappa shape index (κ1) is 22.8. The highest BCUT2D eigenvalue weighted by atomic mass is 79.9. The van der Waals surface area contributed by atoms with Crippen molar-refractivity contribution >= 4 is 51.1 Å². The highest BCUT2D eigenvalue weighted by molar-refractivity contribution is 9.10. The SMILES string of the molecule is CCNC(=O)C(C)N(Cc1cccc(Br)c1)C(=O)CSCc1cccc(Cl)c1. The number of hydrogen-bond donors (Lipinski definition) is 1. The molecule has 0 aromatic heterocycles. The van der Waals surface area contributed by atoms with E-state index < -0.39 is 6.04 Å². The number of nitrogens with one attached hydrogen (secondary N) is 1. The third-order valence-electron chi connectivity index (χ3n) is 4.14. The number of nitrogens with zero attached hydrogens (tertiary/aromatic N) is 1. The molecule has 2 aromatic rings. The van der Waals surface area contributed by atoms with E-state index in [1.54, 1.807) is 11.8 Å². The van der Waals surface area contributed by atoms with Gasteiger partial charge in [-0.25, -0.2) is 0 Å². The monoisotopic (exact) mass is 482 g/mol. The second kappa shape index (κ2) is 11.5. The van der Waals surface area contributed by atoms with Crippen molar-refractivity contribution in [3.05, 3.63) is 69.2 Å². The van der Waals surface area contributed by atoms with Crippen molar-refractivity contribution in [2.45, 2.75) is 32.2 Å². The predicted octanol–water partition coefficient (Wildman–Crippen LogP) is 4.89. The molecule has 7 heteroatoms. The van der Waals surface area contributed by atoms with Gasteiger partial charge in [0, 0.05) is 28.3 Å². The molecule has 0 aliphatic carbocycles. The molecule has 0 spiro atoms. The summed E-state index contributed by atoms with van der Waals surface area (Å²) in [6.45, 7) is 4.55. The van der Waals surface area contributed by atoms with Gasteiger partial charge in [-0.2, -0.15) is 0 Å². The first-order chi connectivity index (χ1) is 13.4. The first-order valence-electron chi connectivity index (χ1n) is 9.04. The van der Waals surface area contributed by atoms with Gasteiger partial charge in [0.1, 0.15) is 6.04 Å². The van der Waals surface area contributed by atoms with E-state index in [2.05, 4.69) is 21.2 Å². The summed E-state index contributed by atoms with van der Waals surface area (Å²) in [6.07, 6.45) is 0. The minimum Gasteiger partial charge on any atom is -0.355 e. The number of amides is 2. The molecule has 0 radical (unpaired) electrons. The third-order valence-corrected chi connectivity index (χ3v) is 5.86. The molecule has 2 rings (SSSR count). The molecule has 2 amide bonds. The lowest BCUT2D eigenvalue weighted by Gasteiger charge is -2.28. The van der Waals surface area contributed by atoms with E-state index in [1.807, 2.05) is 55.5 Å². The molecule has 0 saturated carbocycles. The average molecular weight is 484 g/mol. The Labute approximate surface area is 184 Å². The van der Waals surface area contributed by atoms with Crippen LogP contribution in [0.3, 0.4) is 0 Å². The van der Waals surface area contributed by atoms with Crippen LogP contribution in [-0.2, 0) is 21.9 Å². The maximum Gasteiger partial charge on any atom is 0.242 e. The highest BCUT2D eigenvalue weighted by Crippen LogP contribution is 2.19. The van der Waals surface area contributed by atoms with Crippen molar-refractivity contribution < 1.29 is 9.59 Å². The fourth-order valence-electron chi connectivity index (χ4n) is 2.70. The summed E-state index contributed by atoms with van der Waals surface area (Å²) in [5, 5.41) is 3.49. The summed E-state index contributed by atoms with van der Waals surface area (Å²) in [4.78, 5) is 26.9. The number of halogens is 2. The highest BCUT2D eigenvalue weighted by Gasteiger charge is 2.25. The average Bonchev–Trinajstić information content (AvgIpc) is 2.66. The van der Waals surface area contributed by atoms with E-state index in [1.165, 1.54) is 11.8 Å². The molecule has 0 heterocycles. The number of rotatable bonds is 9. The standard InChI is InChI=1S/C21H24BrClN2O2S/c1-3-24-21(27)15(2)25(12-16-6-4-8-18(22)10-16)20(26)14-28-13-17-7-5-9-19(23)11-17/h4-11,15H,3,12-14H2,1-2H3,(H,24,27). The Hall–Kier alpha value is -1.50. The van der Waals surface area contributed by atoms with Crippen LogP contribution in [0.2, 0.25) is 5.02 Å². The number of likely N-dealkylation sites (N-methyl/N-ethyl adjacent to an activating group) is 1. The Morgan fingerprint density at radius 1 is 1.18 bits per heavy atom. The van der Waals surface area contributed by atoms with Gasteiger partial charge in [-0.05, 0) is 49.2 Å². The topological polar surface area (TPSA) is 49.4 Å². The molecule has 28 heavy (non-hydrogen) atoms. The van der Waals surface area contributed by atoms with Gasteiger partial charge in [0.2, 0.25) is 11.8 Å². The van der Waals surface area contributed by atoms with Crippen molar-refractivity contribution in [1.29, 1.82) is 0 Å². The Kier molecular flexibility index (Phi) is 9.35. The van der Waals surface area contributed by atoms with Crippen molar-refractivity contribution in [3.63, 3.8) is 0 Å². The summed E-state index contributed by atoms with van der Waals surface area (Å²) >= 11 is 11.0. The second-order valence-electron chi connectivity index (χ2n) is 6.34. The molecule has 1 N–H and O–H groups in total. The lowest BCUT2D eigenvalue weighted by atomic mass is 10.1. The summed E-state index contributed by atoms with van der Waals surface area (Å²) in [5.74, 6) is 0.771. The van der Waals surface area contributed by atoms with E-state index in [0.29, 0.717) is 29.6 Å². The fraction of sp³-hybridized carbons (Fsp3) is 0.333. The van der Waals surface area contributed by atoms with Gasteiger partial charge in [0.25, 0.3) is 0 Å². The van der Waals surface area contributed by atoms with Crippen molar-refractivity contribution in [2.75, 3.05) is 12.3 Å². The maximum absolute atomic E-state index is 12.9. The van der Waals surface area contributed by atoms with E-state index in [4.69, 9.17) is 11.6 Å². The smallest absolute Gasteiger partial charge is 0.242 e. The molecule has 0 aliphatic rings. The van der Waals surface area contributed by atoms with E-state index in [-0.39, 0.29) is 11.8 Å². The van der Waals surface area contributed by atoms with Gasteiger partial charge in [0.15, 0.2) is 0 Å². The van der Waals surface area contributed by atoms with E-state index >= 15 is 0 Å². The zero-order valence-electron chi connectivity index (χ0n) is 16.0. The Morgan fingerprint density at radius 3 is 2.57 bits per heavy atom. The van der Waals surface area contributed by atoms with Crippen molar-refractivity contribution in [3.8, 4) is 0 Å². The molecule has 0 aliphatic heterocycles. The van der Waals surface area contributed by atoms with Crippen LogP contribution in [0.4, 0.5) is 0 Å². The minimum absolute atomic E-state index is 0.0641. The molecule has 150 valence electrons. The first-order valence-corrected chi connectivity index (χ1v) is 11.4. The van der Waals surface area contributed by atoms with Gasteiger partial charge in [-0.15, -0.1) is 11.8 Å². The van der Waals surface area contributed by atoms with Crippen LogP contribution in [0, 0.1) is 0 Å². The van der Waals surface area contributed by atoms with Crippen LogP contribution in [0.1, 0.15) is 25.0 Å². The van der Waals surface area contributed by atoms with Crippen LogP contribution in [0.5, 0.6) is 0 Å². The molecule has 2 aromatic carbocycles. The number of carbonyl (C=O) groups excluding carboxylic acids is 2. The van der Waals surface area contributed by atoms with Gasteiger partial charge >= 0.3 is 0 Å². The lowest BCUT2D eigenvalue weighted by molar-refractivity contribution is -0.138. The Morgan fingerprint density at radius 2 is 1.89 bits per heavy atom. The molecular weight excluding hydrogens is 460 g/mol. The molecule has 1 atom stereocenters. The molecule has 0 bridgehead atoms.